The number of ether oxygens (including phenoxy) is 1. The van der Waals surface area contributed by atoms with E-state index >= 15 is 0 Å². The molecule has 0 saturated heterocycles. The Balaban J connectivity index is 2.52. The van der Waals surface area contributed by atoms with Crippen molar-refractivity contribution in [1.29, 1.82) is 0 Å². The van der Waals surface area contributed by atoms with Crippen molar-refractivity contribution in [2.24, 2.45) is 0 Å². The van der Waals surface area contributed by atoms with Gasteiger partial charge in [-0.05, 0) is 19.9 Å². The average molecular weight is 167 g/mol. The van der Waals surface area contributed by atoms with Gasteiger partial charge in [0.15, 0.2) is 0 Å². The molecule has 0 unspecified atom stereocenters. The van der Waals surface area contributed by atoms with Crippen molar-refractivity contribution < 1.29 is 9.84 Å². The molecule has 0 radical (unpaired) electrons. The van der Waals surface area contributed by atoms with Crippen LogP contribution in [0.5, 0.6) is 5.88 Å². The molecule has 66 valence electrons. The Hall–Kier alpha value is -1.09. The van der Waals surface area contributed by atoms with Gasteiger partial charge < -0.3 is 9.84 Å². The van der Waals surface area contributed by atoms with Crippen molar-refractivity contribution in [3.05, 3.63) is 23.9 Å². The first-order valence-electron chi connectivity index (χ1n) is 3.93. The van der Waals surface area contributed by atoms with E-state index in [4.69, 9.17) is 9.84 Å². The number of pyridine rings is 1. The summed E-state index contributed by atoms with van der Waals surface area (Å²) in [5, 5.41) is 8.93. The van der Waals surface area contributed by atoms with E-state index in [1.165, 1.54) is 0 Å². The first-order chi connectivity index (χ1) is 5.68. The van der Waals surface area contributed by atoms with Gasteiger partial charge in [-0.2, -0.15) is 0 Å². The van der Waals surface area contributed by atoms with Gasteiger partial charge in [0.1, 0.15) is 6.61 Å². The first-order valence-corrected chi connectivity index (χ1v) is 3.93. The molecule has 1 rings (SSSR count). The Morgan fingerprint density at radius 3 is 2.92 bits per heavy atom. The maximum Gasteiger partial charge on any atom is 0.213 e. The van der Waals surface area contributed by atoms with Crippen LogP contribution in [0.4, 0.5) is 0 Å². The van der Waals surface area contributed by atoms with Gasteiger partial charge in [-0.3, -0.25) is 0 Å². The van der Waals surface area contributed by atoms with Crippen molar-refractivity contribution in [2.75, 3.05) is 6.61 Å². The van der Waals surface area contributed by atoms with E-state index in [0.29, 0.717) is 5.88 Å². The molecule has 1 aromatic rings. The quantitative estimate of drug-likeness (QED) is 0.734. The number of aromatic nitrogens is 1. The number of aliphatic hydroxyl groups excluding tert-OH is 1. The largest absolute Gasteiger partial charge is 0.475 e. The average Bonchev–Trinajstić information content (AvgIpc) is 2.01. The summed E-state index contributed by atoms with van der Waals surface area (Å²) in [5.74, 6) is 0.566. The lowest BCUT2D eigenvalue weighted by Crippen LogP contribution is -2.13. The van der Waals surface area contributed by atoms with Gasteiger partial charge in [0, 0.05) is 11.8 Å². The van der Waals surface area contributed by atoms with Crippen molar-refractivity contribution in [2.45, 2.75) is 20.0 Å². The highest BCUT2D eigenvalue weighted by Gasteiger charge is 1.98. The van der Waals surface area contributed by atoms with Crippen LogP contribution in [-0.4, -0.2) is 22.8 Å². The van der Waals surface area contributed by atoms with E-state index in [1.54, 1.807) is 13.0 Å². The second-order valence-corrected chi connectivity index (χ2v) is 2.78. The zero-order chi connectivity index (χ0) is 8.97. The molecule has 0 aromatic carbocycles. The predicted octanol–water partition coefficient (Wildman–Crippen LogP) is 1.15. The molecule has 0 amide bonds. The molecular weight excluding hydrogens is 154 g/mol. The van der Waals surface area contributed by atoms with E-state index in [2.05, 4.69) is 4.98 Å². The van der Waals surface area contributed by atoms with Gasteiger partial charge in [0.2, 0.25) is 5.88 Å². The Kier molecular flexibility index (Phi) is 3.05. The summed E-state index contributed by atoms with van der Waals surface area (Å²) < 4.78 is 5.19. The molecular formula is C9H13NO2. The third-order valence-electron chi connectivity index (χ3n) is 1.34. The fraction of sp³-hybridized carbons (Fsp3) is 0.444. The summed E-state index contributed by atoms with van der Waals surface area (Å²) >= 11 is 0. The Morgan fingerprint density at radius 1 is 1.58 bits per heavy atom. The van der Waals surface area contributed by atoms with E-state index in [1.807, 2.05) is 19.1 Å². The summed E-state index contributed by atoms with van der Waals surface area (Å²) in [6.07, 6.45) is -0.452. The second kappa shape index (κ2) is 4.07. The third-order valence-corrected chi connectivity index (χ3v) is 1.34. The first kappa shape index (κ1) is 9.00. The molecule has 0 aliphatic heterocycles. The maximum absolute atomic E-state index is 8.93. The molecule has 0 bridgehead atoms. The van der Waals surface area contributed by atoms with Crippen LogP contribution in [0.15, 0.2) is 18.2 Å². The monoisotopic (exact) mass is 167 g/mol. The Labute approximate surface area is 72.0 Å². The smallest absolute Gasteiger partial charge is 0.213 e. The lowest BCUT2D eigenvalue weighted by molar-refractivity contribution is 0.120. The minimum Gasteiger partial charge on any atom is -0.475 e. The summed E-state index contributed by atoms with van der Waals surface area (Å²) in [7, 11) is 0. The lowest BCUT2D eigenvalue weighted by atomic mass is 10.4. The molecule has 0 saturated carbocycles. The molecule has 1 N–H and O–H groups in total. The van der Waals surface area contributed by atoms with E-state index in [0.717, 1.165) is 5.69 Å². The molecule has 12 heavy (non-hydrogen) atoms. The van der Waals surface area contributed by atoms with Crippen molar-refractivity contribution >= 4 is 0 Å². The summed E-state index contributed by atoms with van der Waals surface area (Å²) in [6, 6.07) is 5.55. The molecule has 3 nitrogen and oxygen atoms in total. The minimum atomic E-state index is -0.452. The van der Waals surface area contributed by atoms with Crippen molar-refractivity contribution in [3.63, 3.8) is 0 Å². The number of aliphatic hydroxyl groups is 1. The fourth-order valence-electron chi connectivity index (χ4n) is 0.804. The number of hydrogen-bond acceptors (Lipinski definition) is 3. The Morgan fingerprint density at radius 2 is 2.33 bits per heavy atom. The highest BCUT2D eigenvalue weighted by Crippen LogP contribution is 2.06. The van der Waals surface area contributed by atoms with Crippen LogP contribution in [-0.2, 0) is 0 Å². The van der Waals surface area contributed by atoms with E-state index < -0.39 is 6.10 Å². The van der Waals surface area contributed by atoms with Gasteiger partial charge in [0.05, 0.1) is 6.10 Å². The number of rotatable bonds is 3. The van der Waals surface area contributed by atoms with Gasteiger partial charge in [0.25, 0.3) is 0 Å². The molecule has 3 heteroatoms. The van der Waals surface area contributed by atoms with Gasteiger partial charge in [-0.25, -0.2) is 4.98 Å². The van der Waals surface area contributed by atoms with Gasteiger partial charge >= 0.3 is 0 Å². The molecule has 1 aromatic heterocycles. The van der Waals surface area contributed by atoms with Crippen LogP contribution in [0.3, 0.4) is 0 Å². The van der Waals surface area contributed by atoms with Gasteiger partial charge in [-0.15, -0.1) is 0 Å². The summed E-state index contributed by atoms with van der Waals surface area (Å²) in [5.41, 5.74) is 0.915. The second-order valence-electron chi connectivity index (χ2n) is 2.78. The number of nitrogens with zero attached hydrogens (tertiary/aromatic N) is 1. The molecule has 0 spiro atoms. The highest BCUT2D eigenvalue weighted by molar-refractivity contribution is 5.14. The highest BCUT2D eigenvalue weighted by atomic mass is 16.5. The predicted molar refractivity (Wildman–Crippen MR) is 46.1 cm³/mol. The Bertz CT molecular complexity index is 248. The standard InChI is InChI=1S/C9H13NO2/c1-7-4-3-5-9(10-7)12-6-8(2)11/h3-5,8,11H,6H2,1-2H3/t8-/m1/s1. The van der Waals surface area contributed by atoms with Crippen LogP contribution in [0.1, 0.15) is 12.6 Å². The topological polar surface area (TPSA) is 42.4 Å². The van der Waals surface area contributed by atoms with Crippen LogP contribution in [0, 0.1) is 6.92 Å². The fourth-order valence-corrected chi connectivity index (χ4v) is 0.804. The summed E-state index contributed by atoms with van der Waals surface area (Å²) in [6.45, 7) is 3.86. The zero-order valence-electron chi connectivity index (χ0n) is 7.32. The zero-order valence-corrected chi connectivity index (χ0v) is 7.32. The molecule has 0 aliphatic rings. The van der Waals surface area contributed by atoms with Crippen LogP contribution >= 0.6 is 0 Å². The molecule has 0 fully saturated rings. The van der Waals surface area contributed by atoms with E-state index in [9.17, 15) is 0 Å². The lowest BCUT2D eigenvalue weighted by Gasteiger charge is -2.06. The number of hydrogen-bond donors (Lipinski definition) is 1. The maximum atomic E-state index is 8.93. The van der Waals surface area contributed by atoms with Crippen LogP contribution in [0.2, 0.25) is 0 Å². The minimum absolute atomic E-state index is 0.288. The van der Waals surface area contributed by atoms with Gasteiger partial charge in [-0.1, -0.05) is 6.07 Å². The normalized spacial score (nSPS) is 12.6. The molecule has 1 atom stereocenters. The molecule has 0 aliphatic carbocycles. The van der Waals surface area contributed by atoms with E-state index in [-0.39, 0.29) is 6.61 Å². The summed E-state index contributed by atoms with van der Waals surface area (Å²) in [4.78, 5) is 4.11. The third kappa shape index (κ3) is 2.88. The van der Waals surface area contributed by atoms with Crippen molar-refractivity contribution in [1.82, 2.24) is 4.98 Å². The van der Waals surface area contributed by atoms with Crippen molar-refractivity contribution in [3.8, 4) is 5.88 Å². The van der Waals surface area contributed by atoms with Crippen LogP contribution in [0.25, 0.3) is 0 Å². The van der Waals surface area contributed by atoms with Crippen LogP contribution < -0.4 is 4.74 Å². The molecule has 1 heterocycles. The number of aryl methyl sites for hydroxylation is 1. The SMILES string of the molecule is Cc1cccc(OC[C@@H](C)O)n1.